The van der Waals surface area contributed by atoms with E-state index in [0.29, 0.717) is 13.0 Å². The molecule has 0 aliphatic carbocycles. The molecule has 1 atom stereocenters. The quantitative estimate of drug-likeness (QED) is 0.651. The normalized spacial score (nSPS) is 19.2. The molecule has 1 aliphatic heterocycles. The number of piperazine rings is 1. The Balaban J connectivity index is 2.00. The highest BCUT2D eigenvalue weighted by molar-refractivity contribution is 5.79. The van der Waals surface area contributed by atoms with Crippen molar-refractivity contribution in [2.24, 2.45) is 0 Å². The van der Waals surface area contributed by atoms with Crippen LogP contribution in [0.5, 0.6) is 0 Å². The van der Waals surface area contributed by atoms with Crippen LogP contribution in [-0.2, 0) is 11.2 Å². The number of nitro groups is 1. The second-order valence-electron chi connectivity index (χ2n) is 4.74. The molecule has 1 aromatic rings. The average molecular weight is 263 g/mol. The molecule has 1 saturated heterocycles. The van der Waals surface area contributed by atoms with E-state index in [-0.39, 0.29) is 17.6 Å². The number of hydrogen-bond acceptors (Lipinski definition) is 4. The Hall–Kier alpha value is -1.95. The van der Waals surface area contributed by atoms with Crippen molar-refractivity contribution >= 4 is 11.6 Å². The number of hydrogen-bond donors (Lipinski definition) is 1. The summed E-state index contributed by atoms with van der Waals surface area (Å²) < 4.78 is 0. The van der Waals surface area contributed by atoms with Crippen molar-refractivity contribution in [3.05, 3.63) is 39.9 Å². The van der Waals surface area contributed by atoms with Crippen LogP contribution in [0.1, 0.15) is 12.5 Å². The molecule has 2 rings (SSSR count). The Labute approximate surface area is 111 Å². The number of non-ortho nitro benzene ring substituents is 1. The number of carbonyl (C=O) groups is 1. The lowest BCUT2D eigenvalue weighted by atomic mass is 10.1. The summed E-state index contributed by atoms with van der Waals surface area (Å²) in [5, 5.41) is 13.8. The molecule has 1 amide bonds. The molecule has 1 aromatic carbocycles. The molecular formula is C13H17N3O3. The second kappa shape index (κ2) is 5.79. The topological polar surface area (TPSA) is 75.5 Å². The standard InChI is InChI=1S/C13H17N3O3/c1-10-9-14-6-7-15(10)13(17)8-11-2-4-12(5-3-11)16(18)19/h2-5,10,14H,6-9H2,1H3/t10-/m1/s1. The van der Waals surface area contributed by atoms with Gasteiger partial charge < -0.3 is 10.2 Å². The van der Waals surface area contributed by atoms with Crippen molar-refractivity contribution in [1.29, 1.82) is 0 Å². The van der Waals surface area contributed by atoms with E-state index < -0.39 is 4.92 Å². The van der Waals surface area contributed by atoms with Crippen LogP contribution in [0, 0.1) is 10.1 Å². The van der Waals surface area contributed by atoms with E-state index in [2.05, 4.69) is 5.32 Å². The first-order valence-corrected chi connectivity index (χ1v) is 6.31. The van der Waals surface area contributed by atoms with Crippen LogP contribution in [0.4, 0.5) is 5.69 Å². The third-order valence-electron chi connectivity index (χ3n) is 3.32. The van der Waals surface area contributed by atoms with Crippen molar-refractivity contribution < 1.29 is 9.72 Å². The lowest BCUT2D eigenvalue weighted by Gasteiger charge is -2.34. The summed E-state index contributed by atoms with van der Waals surface area (Å²) in [6.07, 6.45) is 0.294. The van der Waals surface area contributed by atoms with Crippen LogP contribution in [0.3, 0.4) is 0 Å². The van der Waals surface area contributed by atoms with Gasteiger partial charge in [0.2, 0.25) is 5.91 Å². The van der Waals surface area contributed by atoms with E-state index in [0.717, 1.165) is 18.7 Å². The number of nitrogens with zero attached hydrogens (tertiary/aromatic N) is 2. The maximum atomic E-state index is 12.2. The molecule has 0 bridgehead atoms. The lowest BCUT2D eigenvalue weighted by molar-refractivity contribution is -0.384. The Kier molecular flexibility index (Phi) is 4.11. The smallest absolute Gasteiger partial charge is 0.269 e. The van der Waals surface area contributed by atoms with Gasteiger partial charge in [-0.15, -0.1) is 0 Å². The van der Waals surface area contributed by atoms with Gasteiger partial charge >= 0.3 is 0 Å². The molecular weight excluding hydrogens is 246 g/mol. The molecule has 6 nitrogen and oxygen atoms in total. The predicted molar refractivity (Wildman–Crippen MR) is 70.8 cm³/mol. The number of amides is 1. The zero-order valence-corrected chi connectivity index (χ0v) is 10.8. The van der Waals surface area contributed by atoms with Gasteiger partial charge in [0.05, 0.1) is 11.3 Å². The van der Waals surface area contributed by atoms with Crippen LogP contribution in [0.15, 0.2) is 24.3 Å². The fourth-order valence-electron chi connectivity index (χ4n) is 2.22. The number of benzene rings is 1. The third-order valence-corrected chi connectivity index (χ3v) is 3.32. The summed E-state index contributed by atoms with van der Waals surface area (Å²) in [5.41, 5.74) is 0.855. The molecule has 19 heavy (non-hydrogen) atoms. The Morgan fingerprint density at radius 3 is 2.74 bits per heavy atom. The van der Waals surface area contributed by atoms with Gasteiger partial charge in [-0.3, -0.25) is 14.9 Å². The maximum Gasteiger partial charge on any atom is 0.269 e. The summed E-state index contributed by atoms with van der Waals surface area (Å²) in [7, 11) is 0. The maximum absolute atomic E-state index is 12.2. The van der Waals surface area contributed by atoms with Crippen LogP contribution in [0.2, 0.25) is 0 Å². The van der Waals surface area contributed by atoms with Gasteiger partial charge in [0.1, 0.15) is 0 Å². The first-order valence-electron chi connectivity index (χ1n) is 6.31. The molecule has 0 saturated carbocycles. The van der Waals surface area contributed by atoms with Crippen LogP contribution in [-0.4, -0.2) is 41.4 Å². The minimum atomic E-state index is -0.440. The Bertz CT molecular complexity index is 473. The van der Waals surface area contributed by atoms with Gasteiger partial charge in [0.25, 0.3) is 5.69 Å². The van der Waals surface area contributed by atoms with Crippen molar-refractivity contribution in [2.75, 3.05) is 19.6 Å². The number of nitro benzene ring substituents is 1. The van der Waals surface area contributed by atoms with Crippen molar-refractivity contribution in [1.82, 2.24) is 10.2 Å². The molecule has 6 heteroatoms. The van der Waals surface area contributed by atoms with E-state index in [4.69, 9.17) is 0 Å². The Morgan fingerprint density at radius 1 is 1.47 bits per heavy atom. The third kappa shape index (κ3) is 3.29. The SMILES string of the molecule is C[C@@H]1CNCCN1C(=O)Cc1ccc([N+](=O)[O-])cc1. The zero-order chi connectivity index (χ0) is 13.8. The summed E-state index contributed by atoms with van der Waals surface area (Å²) in [5.74, 6) is 0.0721. The monoisotopic (exact) mass is 263 g/mol. The predicted octanol–water partition coefficient (Wildman–Crippen LogP) is 0.958. The largest absolute Gasteiger partial charge is 0.337 e. The molecule has 0 radical (unpaired) electrons. The van der Waals surface area contributed by atoms with Gasteiger partial charge in [-0.25, -0.2) is 0 Å². The molecule has 1 aliphatic rings. The highest BCUT2D eigenvalue weighted by atomic mass is 16.6. The van der Waals surface area contributed by atoms with Crippen molar-refractivity contribution in [3.63, 3.8) is 0 Å². The van der Waals surface area contributed by atoms with E-state index in [1.807, 2.05) is 11.8 Å². The van der Waals surface area contributed by atoms with Gasteiger partial charge in [-0.2, -0.15) is 0 Å². The minimum absolute atomic E-state index is 0.0479. The lowest BCUT2D eigenvalue weighted by Crippen LogP contribution is -2.52. The molecule has 1 fully saturated rings. The minimum Gasteiger partial charge on any atom is -0.337 e. The van der Waals surface area contributed by atoms with Gasteiger partial charge in [0.15, 0.2) is 0 Å². The first kappa shape index (κ1) is 13.5. The van der Waals surface area contributed by atoms with Gasteiger partial charge in [0, 0.05) is 37.8 Å². The van der Waals surface area contributed by atoms with Crippen LogP contribution >= 0.6 is 0 Å². The molecule has 1 N–H and O–H groups in total. The number of nitrogens with one attached hydrogen (secondary N) is 1. The van der Waals surface area contributed by atoms with Gasteiger partial charge in [-0.1, -0.05) is 12.1 Å². The first-order chi connectivity index (χ1) is 9.08. The summed E-state index contributed by atoms with van der Waals surface area (Å²) in [6, 6.07) is 6.35. The van der Waals surface area contributed by atoms with E-state index >= 15 is 0 Å². The highest BCUT2D eigenvalue weighted by Gasteiger charge is 2.22. The van der Waals surface area contributed by atoms with E-state index in [1.165, 1.54) is 12.1 Å². The molecule has 0 spiro atoms. The fourth-order valence-corrected chi connectivity index (χ4v) is 2.22. The molecule has 0 aromatic heterocycles. The fraction of sp³-hybridized carbons (Fsp3) is 0.462. The summed E-state index contributed by atoms with van der Waals surface area (Å²) in [6.45, 7) is 4.36. The highest BCUT2D eigenvalue weighted by Crippen LogP contribution is 2.14. The second-order valence-corrected chi connectivity index (χ2v) is 4.74. The van der Waals surface area contributed by atoms with E-state index in [9.17, 15) is 14.9 Å². The number of carbonyl (C=O) groups excluding carboxylic acids is 1. The zero-order valence-electron chi connectivity index (χ0n) is 10.8. The van der Waals surface area contributed by atoms with Gasteiger partial charge in [-0.05, 0) is 12.5 Å². The summed E-state index contributed by atoms with van der Waals surface area (Å²) >= 11 is 0. The molecule has 102 valence electrons. The molecule has 1 heterocycles. The average Bonchev–Trinajstić information content (AvgIpc) is 2.39. The van der Waals surface area contributed by atoms with Crippen LogP contribution in [0.25, 0.3) is 0 Å². The Morgan fingerprint density at radius 2 is 2.16 bits per heavy atom. The molecule has 0 unspecified atom stereocenters. The van der Waals surface area contributed by atoms with Crippen LogP contribution < -0.4 is 5.32 Å². The van der Waals surface area contributed by atoms with E-state index in [1.54, 1.807) is 12.1 Å². The number of rotatable bonds is 3. The van der Waals surface area contributed by atoms with Crippen molar-refractivity contribution in [3.8, 4) is 0 Å². The van der Waals surface area contributed by atoms with Crippen molar-refractivity contribution in [2.45, 2.75) is 19.4 Å². The summed E-state index contributed by atoms with van der Waals surface area (Å²) in [4.78, 5) is 24.1.